The lowest BCUT2D eigenvalue weighted by Gasteiger charge is -2.34. The summed E-state index contributed by atoms with van der Waals surface area (Å²) < 4.78 is 13.3. The van der Waals surface area contributed by atoms with Crippen molar-refractivity contribution < 1.29 is 9.18 Å². The van der Waals surface area contributed by atoms with Crippen molar-refractivity contribution in [2.24, 2.45) is 0 Å². The number of aromatic nitrogens is 1. The third-order valence-corrected chi connectivity index (χ3v) is 4.92. The summed E-state index contributed by atoms with van der Waals surface area (Å²) in [7, 11) is 0. The molecule has 0 bridgehead atoms. The van der Waals surface area contributed by atoms with Crippen molar-refractivity contribution in [2.45, 2.75) is 6.54 Å². The number of rotatable bonds is 3. The van der Waals surface area contributed by atoms with Gasteiger partial charge in [0.15, 0.2) is 5.43 Å². The van der Waals surface area contributed by atoms with Crippen LogP contribution in [-0.2, 0) is 6.54 Å². The number of pyridine rings is 1. The molecular weight excluding hydrogens is 345 g/mol. The highest BCUT2D eigenvalue weighted by Gasteiger charge is 2.22. The van der Waals surface area contributed by atoms with E-state index in [0.29, 0.717) is 43.7 Å². The predicted octanol–water partition coefficient (Wildman–Crippen LogP) is 2.63. The molecule has 6 heteroatoms. The second-order valence-electron chi connectivity index (χ2n) is 6.78. The van der Waals surface area contributed by atoms with E-state index in [4.69, 9.17) is 0 Å². The Hall–Kier alpha value is -2.99. The summed E-state index contributed by atoms with van der Waals surface area (Å²) in [6, 6.07) is 14.9. The Bertz CT molecular complexity index is 1040. The van der Waals surface area contributed by atoms with Crippen LogP contribution in [0.5, 0.6) is 0 Å². The van der Waals surface area contributed by atoms with Crippen molar-refractivity contribution >= 4 is 16.8 Å². The zero-order chi connectivity index (χ0) is 18.8. The van der Waals surface area contributed by atoms with Gasteiger partial charge in [-0.25, -0.2) is 4.39 Å². The van der Waals surface area contributed by atoms with E-state index >= 15 is 0 Å². The topological polar surface area (TPSA) is 56.4 Å². The average molecular weight is 365 g/mol. The molecule has 1 aliphatic heterocycles. The number of aromatic amines is 1. The van der Waals surface area contributed by atoms with Crippen LogP contribution >= 0.6 is 0 Å². The Kier molecular flexibility index (Phi) is 4.73. The molecule has 5 nitrogen and oxygen atoms in total. The van der Waals surface area contributed by atoms with Gasteiger partial charge in [-0.05, 0) is 30.3 Å². The van der Waals surface area contributed by atoms with Crippen LogP contribution in [0, 0.1) is 5.82 Å². The number of benzene rings is 2. The number of nitrogens with one attached hydrogen (secondary N) is 1. The number of halogens is 1. The maximum Gasteiger partial charge on any atom is 0.254 e. The molecule has 1 aromatic heterocycles. The Morgan fingerprint density at radius 3 is 2.56 bits per heavy atom. The molecule has 1 N–H and O–H groups in total. The minimum atomic E-state index is -0.403. The van der Waals surface area contributed by atoms with Crippen LogP contribution in [0.25, 0.3) is 10.9 Å². The van der Waals surface area contributed by atoms with Gasteiger partial charge in [-0.3, -0.25) is 14.5 Å². The number of nitrogens with zero attached hydrogens (tertiary/aromatic N) is 2. The van der Waals surface area contributed by atoms with E-state index in [0.717, 1.165) is 11.2 Å². The Morgan fingerprint density at radius 2 is 1.78 bits per heavy atom. The zero-order valence-corrected chi connectivity index (χ0v) is 14.8. The lowest BCUT2D eigenvalue weighted by Crippen LogP contribution is -2.48. The van der Waals surface area contributed by atoms with Gasteiger partial charge in [0.25, 0.3) is 5.91 Å². The first-order valence-corrected chi connectivity index (χ1v) is 8.98. The van der Waals surface area contributed by atoms with Crippen LogP contribution < -0.4 is 5.43 Å². The van der Waals surface area contributed by atoms with Gasteiger partial charge in [-0.15, -0.1) is 0 Å². The van der Waals surface area contributed by atoms with Crippen LogP contribution in [-0.4, -0.2) is 46.9 Å². The van der Waals surface area contributed by atoms with Crippen LogP contribution in [0.4, 0.5) is 4.39 Å². The van der Waals surface area contributed by atoms with Crippen LogP contribution in [0.15, 0.2) is 59.4 Å². The Labute approximate surface area is 156 Å². The summed E-state index contributed by atoms with van der Waals surface area (Å²) >= 11 is 0. The van der Waals surface area contributed by atoms with Gasteiger partial charge in [0.05, 0.1) is 0 Å². The predicted molar refractivity (Wildman–Crippen MR) is 102 cm³/mol. The standard InChI is InChI=1S/C21H20FN3O2/c22-16-5-3-4-15(12-16)21(27)25-10-8-24(9-11-25)14-17-13-20(26)18-6-1-2-7-19(18)23-17/h1-7,12-13H,8-11,14H2,(H,23,26). The molecule has 2 heterocycles. The van der Waals surface area contributed by atoms with Gasteiger partial charge in [0.2, 0.25) is 0 Å². The van der Waals surface area contributed by atoms with Crippen LogP contribution in [0.2, 0.25) is 0 Å². The molecule has 0 unspecified atom stereocenters. The fourth-order valence-electron chi connectivity index (χ4n) is 3.49. The number of hydrogen-bond donors (Lipinski definition) is 1. The summed E-state index contributed by atoms with van der Waals surface area (Å²) in [5.74, 6) is -0.548. The van der Waals surface area contributed by atoms with E-state index in [1.807, 2.05) is 24.3 Å². The third kappa shape index (κ3) is 3.75. The van der Waals surface area contributed by atoms with Gasteiger partial charge in [0, 0.05) is 61.0 Å². The van der Waals surface area contributed by atoms with Crippen molar-refractivity contribution in [1.82, 2.24) is 14.8 Å². The minimum Gasteiger partial charge on any atom is -0.357 e. The number of piperazine rings is 1. The zero-order valence-electron chi connectivity index (χ0n) is 14.8. The summed E-state index contributed by atoms with van der Waals surface area (Å²) in [5.41, 5.74) is 2.09. The molecule has 0 saturated carbocycles. The molecule has 0 radical (unpaired) electrons. The molecule has 1 amide bonds. The number of hydrogen-bond acceptors (Lipinski definition) is 3. The highest BCUT2D eigenvalue weighted by molar-refractivity contribution is 5.94. The van der Waals surface area contributed by atoms with Gasteiger partial charge in [-0.1, -0.05) is 18.2 Å². The SMILES string of the molecule is O=C(c1cccc(F)c1)N1CCN(Cc2cc(=O)c3ccccc3[nH]2)CC1. The second kappa shape index (κ2) is 7.32. The Balaban J connectivity index is 1.41. The first-order chi connectivity index (χ1) is 13.1. The summed E-state index contributed by atoms with van der Waals surface area (Å²) in [6.07, 6.45) is 0. The van der Waals surface area contributed by atoms with Gasteiger partial charge < -0.3 is 9.88 Å². The number of H-pyrrole nitrogens is 1. The van der Waals surface area contributed by atoms with Gasteiger partial charge >= 0.3 is 0 Å². The van der Waals surface area contributed by atoms with Gasteiger partial charge in [0.1, 0.15) is 5.82 Å². The molecular formula is C21H20FN3O2. The lowest BCUT2D eigenvalue weighted by atomic mass is 10.1. The van der Waals surface area contributed by atoms with Crippen molar-refractivity contribution in [3.63, 3.8) is 0 Å². The number of carbonyl (C=O) groups is 1. The van der Waals surface area contributed by atoms with E-state index in [-0.39, 0.29) is 11.3 Å². The van der Waals surface area contributed by atoms with Crippen molar-refractivity contribution in [3.05, 3.63) is 81.9 Å². The highest BCUT2D eigenvalue weighted by atomic mass is 19.1. The largest absolute Gasteiger partial charge is 0.357 e. The van der Waals surface area contributed by atoms with E-state index < -0.39 is 5.82 Å². The van der Waals surface area contributed by atoms with Gasteiger partial charge in [-0.2, -0.15) is 0 Å². The lowest BCUT2D eigenvalue weighted by molar-refractivity contribution is 0.0626. The van der Waals surface area contributed by atoms with Crippen molar-refractivity contribution in [1.29, 1.82) is 0 Å². The summed E-state index contributed by atoms with van der Waals surface area (Å²) in [5, 5.41) is 0.687. The molecule has 4 rings (SSSR count). The first-order valence-electron chi connectivity index (χ1n) is 8.98. The normalized spacial score (nSPS) is 15.2. The smallest absolute Gasteiger partial charge is 0.254 e. The fraction of sp³-hybridized carbons (Fsp3) is 0.238. The molecule has 27 heavy (non-hydrogen) atoms. The van der Waals surface area contributed by atoms with E-state index in [1.54, 1.807) is 23.1 Å². The molecule has 0 spiro atoms. The summed E-state index contributed by atoms with van der Waals surface area (Å²) in [4.78, 5) is 32.0. The minimum absolute atomic E-state index is 0.0132. The molecule has 0 aliphatic carbocycles. The van der Waals surface area contributed by atoms with Crippen LogP contribution in [0.1, 0.15) is 16.1 Å². The highest BCUT2D eigenvalue weighted by Crippen LogP contribution is 2.13. The Morgan fingerprint density at radius 1 is 1.00 bits per heavy atom. The summed E-state index contributed by atoms with van der Waals surface area (Å²) in [6.45, 7) is 3.19. The fourth-order valence-corrected chi connectivity index (χ4v) is 3.49. The molecule has 138 valence electrons. The molecule has 0 atom stereocenters. The number of fused-ring (bicyclic) bond motifs is 1. The third-order valence-electron chi connectivity index (χ3n) is 4.92. The molecule has 2 aromatic carbocycles. The molecule has 1 fully saturated rings. The average Bonchev–Trinajstić information content (AvgIpc) is 2.68. The quantitative estimate of drug-likeness (QED) is 0.776. The maximum absolute atomic E-state index is 13.3. The number of para-hydroxylation sites is 1. The maximum atomic E-state index is 13.3. The monoisotopic (exact) mass is 365 g/mol. The van der Waals surface area contributed by atoms with E-state index in [2.05, 4.69) is 9.88 Å². The second-order valence-corrected chi connectivity index (χ2v) is 6.78. The number of carbonyl (C=O) groups excluding carboxylic acids is 1. The van der Waals surface area contributed by atoms with E-state index in [9.17, 15) is 14.0 Å². The van der Waals surface area contributed by atoms with Crippen LogP contribution in [0.3, 0.4) is 0 Å². The molecule has 1 saturated heterocycles. The van der Waals surface area contributed by atoms with Crippen molar-refractivity contribution in [2.75, 3.05) is 26.2 Å². The van der Waals surface area contributed by atoms with E-state index in [1.165, 1.54) is 12.1 Å². The first kappa shape index (κ1) is 17.4. The van der Waals surface area contributed by atoms with Crippen molar-refractivity contribution in [3.8, 4) is 0 Å². The molecule has 1 aliphatic rings. The molecule has 3 aromatic rings. The number of amides is 1.